The molecule has 7 heteroatoms. The highest BCUT2D eigenvalue weighted by Crippen LogP contribution is 2.56. The minimum Gasteiger partial charge on any atom is -0.383 e. The fourth-order valence-corrected chi connectivity index (χ4v) is 7.79. The number of nitrogens with one attached hydrogen (secondary N) is 2. The van der Waals surface area contributed by atoms with Gasteiger partial charge in [0.2, 0.25) is 0 Å². The van der Waals surface area contributed by atoms with Crippen LogP contribution in [0.25, 0.3) is 0 Å². The van der Waals surface area contributed by atoms with E-state index in [0.29, 0.717) is 36.4 Å². The van der Waals surface area contributed by atoms with Crippen LogP contribution in [0.1, 0.15) is 46.0 Å². The fourth-order valence-electron chi connectivity index (χ4n) is 6.40. The van der Waals surface area contributed by atoms with E-state index < -0.39 is 0 Å². The highest BCUT2D eigenvalue weighted by atomic mass is 32.2. The van der Waals surface area contributed by atoms with Gasteiger partial charge in [0.1, 0.15) is 6.29 Å². The molecule has 1 saturated heterocycles. The third-order valence-electron chi connectivity index (χ3n) is 8.31. The molecule has 0 aromatic heterocycles. The molecule has 170 valence electrons. The molecule has 2 aliphatic carbocycles. The monoisotopic (exact) mass is 444 g/mol. The minimum absolute atomic E-state index is 0.00470. The lowest BCUT2D eigenvalue weighted by molar-refractivity contribution is -0.108. The Balaban J connectivity index is 1.24. The normalized spacial score (nSPS) is 45.9. The number of carbonyl (C=O) groups excluding carboxylic acids is 1. The predicted octanol–water partition coefficient (Wildman–Crippen LogP) is 2.81. The molecule has 0 aromatic carbocycles. The molecule has 3 aliphatic heterocycles. The molecule has 3 heterocycles. The van der Waals surface area contributed by atoms with E-state index in [-0.39, 0.29) is 22.9 Å². The summed E-state index contributed by atoms with van der Waals surface area (Å²) in [5, 5.41) is 7.77. The topological polar surface area (TPSA) is 98.7 Å². The van der Waals surface area contributed by atoms with Gasteiger partial charge in [-0.25, -0.2) is 0 Å². The van der Waals surface area contributed by atoms with Crippen molar-refractivity contribution < 1.29 is 9.53 Å². The van der Waals surface area contributed by atoms with Gasteiger partial charge in [-0.15, -0.1) is 0 Å². The van der Waals surface area contributed by atoms with E-state index in [2.05, 4.69) is 35.5 Å². The molecule has 0 bridgehead atoms. The van der Waals surface area contributed by atoms with Crippen molar-refractivity contribution in [1.82, 2.24) is 10.6 Å². The van der Waals surface area contributed by atoms with Gasteiger partial charge in [0.05, 0.1) is 35.2 Å². The predicted molar refractivity (Wildman–Crippen MR) is 126 cm³/mol. The largest absolute Gasteiger partial charge is 0.383 e. The fraction of sp³-hybridized carbons (Fsp3) is 0.750. The number of aliphatic imine (C=N–C) groups is 1. The Morgan fingerprint density at radius 1 is 1.45 bits per heavy atom. The number of ether oxygens (including phenoxy) is 1. The summed E-state index contributed by atoms with van der Waals surface area (Å²) >= 11 is 1.67. The average molecular weight is 445 g/mol. The van der Waals surface area contributed by atoms with Crippen molar-refractivity contribution in [2.75, 3.05) is 13.7 Å². The molecule has 4 N–H and O–H groups in total. The number of allylic oxidation sites excluding steroid dienone is 1. The van der Waals surface area contributed by atoms with Gasteiger partial charge in [-0.05, 0) is 42.6 Å². The second-order valence-corrected chi connectivity index (χ2v) is 11.5. The van der Waals surface area contributed by atoms with Crippen molar-refractivity contribution in [2.24, 2.45) is 39.8 Å². The van der Waals surface area contributed by atoms with Crippen LogP contribution in [0.15, 0.2) is 27.9 Å². The number of aldehydes is 1. The molecule has 2 saturated carbocycles. The Kier molecular flexibility index (Phi) is 5.82. The molecule has 0 spiro atoms. The van der Waals surface area contributed by atoms with E-state index in [1.54, 1.807) is 11.8 Å². The van der Waals surface area contributed by atoms with Crippen molar-refractivity contribution >= 4 is 23.8 Å². The highest BCUT2D eigenvalue weighted by molar-refractivity contribution is 8.04. The smallest absolute Gasteiger partial charge is 0.134 e. The quantitative estimate of drug-likeness (QED) is 0.393. The van der Waals surface area contributed by atoms with Crippen molar-refractivity contribution in [3.05, 3.63) is 22.9 Å². The van der Waals surface area contributed by atoms with Crippen LogP contribution in [0.5, 0.6) is 0 Å². The zero-order valence-corrected chi connectivity index (χ0v) is 19.7. The molecule has 31 heavy (non-hydrogen) atoms. The van der Waals surface area contributed by atoms with Crippen LogP contribution >= 0.6 is 11.8 Å². The maximum absolute atomic E-state index is 12.0. The summed E-state index contributed by atoms with van der Waals surface area (Å²) in [6.45, 7) is 5.26. The molecule has 0 radical (unpaired) electrons. The number of nitrogens with zero attached hydrogens (tertiary/aromatic N) is 1. The first kappa shape index (κ1) is 21.7. The van der Waals surface area contributed by atoms with Crippen LogP contribution in [0.2, 0.25) is 0 Å². The van der Waals surface area contributed by atoms with Gasteiger partial charge in [0, 0.05) is 30.3 Å². The van der Waals surface area contributed by atoms with Crippen LogP contribution in [0, 0.1) is 29.1 Å². The number of fused-ring (bicyclic) bond motifs is 1. The number of rotatable bonds is 8. The van der Waals surface area contributed by atoms with Crippen LogP contribution in [-0.2, 0) is 9.53 Å². The number of carbonyl (C=O) groups is 1. The second-order valence-electron chi connectivity index (χ2n) is 10.3. The summed E-state index contributed by atoms with van der Waals surface area (Å²) < 4.78 is 6.40. The Morgan fingerprint density at radius 3 is 2.97 bits per heavy atom. The lowest BCUT2D eigenvalue weighted by Crippen LogP contribution is -2.37. The molecule has 6 nitrogen and oxygen atoms in total. The van der Waals surface area contributed by atoms with Gasteiger partial charge >= 0.3 is 0 Å². The van der Waals surface area contributed by atoms with Gasteiger partial charge in [0.15, 0.2) is 0 Å². The third kappa shape index (κ3) is 3.92. The number of thioether (sulfide) groups is 1. The van der Waals surface area contributed by atoms with E-state index in [0.717, 1.165) is 30.6 Å². The van der Waals surface area contributed by atoms with Crippen molar-refractivity contribution in [3.8, 4) is 0 Å². The molecule has 6 unspecified atom stereocenters. The Morgan fingerprint density at radius 2 is 2.26 bits per heavy atom. The molecule has 5 aliphatic rings. The zero-order valence-electron chi connectivity index (χ0n) is 18.8. The lowest BCUT2D eigenvalue weighted by Gasteiger charge is -2.38. The maximum atomic E-state index is 12.0. The third-order valence-corrected chi connectivity index (χ3v) is 9.86. The standard InChI is InChI=1S/C24H36N4O2S/c1-13-16-7-8-27-17(19(13)16)12-30-15-6-4-5-14(9-15)10-24(2)18(11-29)31-23(26-3)20(24)21-22(25)28-21/h7-8,11,13-16,18-19,21-22,26,28H,4-6,9-10,12,25H2,1-3H3/t13-,14?,15?,16-,18-,19?,21?,22?,24?/m0/s1. The highest BCUT2D eigenvalue weighted by Gasteiger charge is 2.54. The first-order valence-electron chi connectivity index (χ1n) is 11.9. The first-order chi connectivity index (χ1) is 15.0. The summed E-state index contributed by atoms with van der Waals surface area (Å²) in [6, 6.07) is 0.186. The zero-order chi connectivity index (χ0) is 21.8. The second kappa shape index (κ2) is 8.32. The Labute approximate surface area is 189 Å². The van der Waals surface area contributed by atoms with Crippen LogP contribution in [-0.4, -0.2) is 49.2 Å². The summed E-state index contributed by atoms with van der Waals surface area (Å²) in [6.07, 6.45) is 11.3. The first-order valence-corrected chi connectivity index (χ1v) is 12.7. The molecular formula is C24H36N4O2S. The molecular weight excluding hydrogens is 408 g/mol. The Bertz CT molecular complexity index is 826. The number of nitrogens with two attached hydrogens (primary N) is 1. The summed E-state index contributed by atoms with van der Waals surface area (Å²) in [7, 11) is 1.95. The molecule has 9 atom stereocenters. The summed E-state index contributed by atoms with van der Waals surface area (Å²) in [5.41, 5.74) is 8.53. The van der Waals surface area contributed by atoms with E-state index >= 15 is 0 Å². The molecule has 0 aromatic rings. The minimum atomic E-state index is -0.169. The average Bonchev–Trinajstić information content (AvgIpc) is 3.63. The Hall–Kier alpha value is -1.15. The van der Waals surface area contributed by atoms with Crippen LogP contribution in [0.4, 0.5) is 0 Å². The molecule has 0 amide bonds. The summed E-state index contributed by atoms with van der Waals surface area (Å²) in [5.74, 6) is 2.57. The van der Waals surface area contributed by atoms with Gasteiger partial charge < -0.3 is 20.6 Å². The molecule has 3 fully saturated rings. The number of hydrogen-bond donors (Lipinski definition) is 3. The van der Waals surface area contributed by atoms with Crippen molar-refractivity contribution in [3.63, 3.8) is 0 Å². The van der Waals surface area contributed by atoms with E-state index in [9.17, 15) is 4.79 Å². The van der Waals surface area contributed by atoms with Crippen molar-refractivity contribution in [1.29, 1.82) is 0 Å². The van der Waals surface area contributed by atoms with Gasteiger partial charge in [0.25, 0.3) is 0 Å². The van der Waals surface area contributed by atoms with Crippen molar-refractivity contribution in [2.45, 2.75) is 69.5 Å². The number of hydrogen-bond acceptors (Lipinski definition) is 7. The van der Waals surface area contributed by atoms with Crippen LogP contribution < -0.4 is 16.4 Å². The van der Waals surface area contributed by atoms with Crippen LogP contribution in [0.3, 0.4) is 0 Å². The maximum Gasteiger partial charge on any atom is 0.134 e. The molecule has 5 rings (SSSR count). The van der Waals surface area contributed by atoms with Gasteiger partial charge in [-0.3, -0.25) is 10.3 Å². The van der Waals surface area contributed by atoms with E-state index in [1.807, 2.05) is 13.2 Å². The lowest BCUT2D eigenvalue weighted by atomic mass is 9.68. The SMILES string of the molecule is CNC1=C(C2NC2N)C(C)(CC2CCCC(OCC3=NC=C[C@@H]4C3[C@H]4C)C2)[C@H](C=O)S1. The van der Waals surface area contributed by atoms with Gasteiger partial charge in [-0.1, -0.05) is 44.5 Å². The van der Waals surface area contributed by atoms with E-state index in [4.69, 9.17) is 10.5 Å². The summed E-state index contributed by atoms with van der Waals surface area (Å²) in [4.78, 5) is 16.6. The van der Waals surface area contributed by atoms with Gasteiger partial charge in [-0.2, -0.15) is 0 Å². The van der Waals surface area contributed by atoms with E-state index in [1.165, 1.54) is 24.1 Å².